The number of esters is 1. The molecule has 0 unspecified atom stereocenters. The van der Waals surface area contributed by atoms with E-state index < -0.39 is 5.97 Å². The molecule has 1 aliphatic rings. The van der Waals surface area contributed by atoms with Crippen molar-refractivity contribution in [1.29, 1.82) is 0 Å². The number of nitrogen functional groups attached to an aromatic ring is 1. The number of nitrogens with one attached hydrogen (secondary N) is 1. The molecule has 29 heavy (non-hydrogen) atoms. The Bertz CT molecular complexity index is 1130. The molecule has 0 fully saturated rings. The van der Waals surface area contributed by atoms with Crippen LogP contribution in [0.25, 0.3) is 10.2 Å². The van der Waals surface area contributed by atoms with E-state index in [1.165, 1.54) is 29.8 Å². The van der Waals surface area contributed by atoms with Gasteiger partial charge in [0.2, 0.25) is 0 Å². The molecule has 0 aromatic carbocycles. The number of rotatable bonds is 3. The lowest BCUT2D eigenvalue weighted by molar-refractivity contribution is 0.0601. The molecule has 0 bridgehead atoms. The number of aromatic nitrogens is 1. The Morgan fingerprint density at radius 1 is 1.17 bits per heavy atom. The normalized spacial score (nSPS) is 13.8. The number of carbonyl (C=O) groups is 2. The van der Waals surface area contributed by atoms with Crippen LogP contribution in [-0.2, 0) is 17.6 Å². The van der Waals surface area contributed by atoms with E-state index in [0.29, 0.717) is 21.1 Å². The topological polar surface area (TPSA) is 94.3 Å². The molecule has 152 valence electrons. The van der Waals surface area contributed by atoms with Crippen LogP contribution in [0, 0.1) is 13.8 Å². The third-order valence-corrected chi connectivity index (χ3v) is 7.57. The van der Waals surface area contributed by atoms with Crippen LogP contribution in [0.5, 0.6) is 0 Å². The molecular formula is C21H23N3O3S2. The van der Waals surface area contributed by atoms with E-state index in [9.17, 15) is 9.59 Å². The molecule has 0 atom stereocenters. The number of nitrogens with zero attached hydrogens (tertiary/aromatic N) is 1. The number of pyridine rings is 1. The largest absolute Gasteiger partial charge is 0.465 e. The lowest BCUT2D eigenvalue weighted by Crippen LogP contribution is -2.14. The highest BCUT2D eigenvalue weighted by atomic mass is 32.1. The van der Waals surface area contributed by atoms with Gasteiger partial charge in [0.15, 0.2) is 0 Å². The Hall–Kier alpha value is -2.45. The van der Waals surface area contributed by atoms with Gasteiger partial charge in [-0.2, -0.15) is 0 Å². The van der Waals surface area contributed by atoms with Crippen molar-refractivity contribution in [3.05, 3.63) is 38.2 Å². The fourth-order valence-corrected chi connectivity index (χ4v) is 6.33. The van der Waals surface area contributed by atoms with Crippen LogP contribution in [0.3, 0.4) is 0 Å². The number of hydrogen-bond donors (Lipinski definition) is 2. The summed E-state index contributed by atoms with van der Waals surface area (Å²) in [5.74, 6) is -0.721. The molecule has 1 amide bonds. The van der Waals surface area contributed by atoms with Gasteiger partial charge in [-0.1, -0.05) is 6.42 Å². The summed E-state index contributed by atoms with van der Waals surface area (Å²) < 4.78 is 5.01. The average molecular weight is 430 g/mol. The lowest BCUT2D eigenvalue weighted by atomic mass is 10.1. The summed E-state index contributed by atoms with van der Waals surface area (Å²) in [6.07, 6.45) is 5.03. The van der Waals surface area contributed by atoms with Crippen molar-refractivity contribution in [1.82, 2.24) is 4.98 Å². The molecule has 0 aliphatic heterocycles. The van der Waals surface area contributed by atoms with Crippen LogP contribution in [0.4, 0.5) is 10.7 Å². The average Bonchev–Trinajstić information content (AvgIpc) is 3.08. The van der Waals surface area contributed by atoms with Gasteiger partial charge in [-0.15, -0.1) is 22.7 Å². The van der Waals surface area contributed by atoms with E-state index in [1.54, 1.807) is 0 Å². The highest BCUT2D eigenvalue weighted by molar-refractivity contribution is 7.21. The predicted molar refractivity (Wildman–Crippen MR) is 118 cm³/mol. The molecule has 6 nitrogen and oxygen atoms in total. The van der Waals surface area contributed by atoms with Crippen molar-refractivity contribution in [2.75, 3.05) is 18.2 Å². The third kappa shape index (κ3) is 3.51. The van der Waals surface area contributed by atoms with E-state index in [0.717, 1.165) is 64.0 Å². The summed E-state index contributed by atoms with van der Waals surface area (Å²) in [6, 6.07) is 1.96. The summed E-state index contributed by atoms with van der Waals surface area (Å²) in [4.78, 5) is 32.4. The molecule has 4 rings (SSSR count). The van der Waals surface area contributed by atoms with Crippen molar-refractivity contribution in [2.24, 2.45) is 0 Å². The van der Waals surface area contributed by atoms with Crippen molar-refractivity contribution in [2.45, 2.75) is 46.0 Å². The van der Waals surface area contributed by atoms with Crippen LogP contribution in [0.15, 0.2) is 6.07 Å². The second kappa shape index (κ2) is 7.76. The van der Waals surface area contributed by atoms with Crippen molar-refractivity contribution in [3.8, 4) is 0 Å². The molecule has 0 radical (unpaired) electrons. The van der Waals surface area contributed by atoms with Gasteiger partial charge in [-0.25, -0.2) is 9.78 Å². The van der Waals surface area contributed by atoms with Gasteiger partial charge in [0.1, 0.15) is 14.7 Å². The monoisotopic (exact) mass is 429 g/mol. The number of fused-ring (bicyclic) bond motifs is 2. The highest BCUT2D eigenvalue weighted by Crippen LogP contribution is 2.40. The van der Waals surface area contributed by atoms with Crippen molar-refractivity contribution >= 4 is 55.5 Å². The fourth-order valence-electron chi connectivity index (χ4n) is 3.95. The second-order valence-electron chi connectivity index (χ2n) is 7.32. The quantitative estimate of drug-likeness (QED) is 0.458. The number of amides is 1. The lowest BCUT2D eigenvalue weighted by Gasteiger charge is -2.07. The zero-order chi connectivity index (χ0) is 20.7. The molecule has 0 saturated heterocycles. The molecule has 8 heteroatoms. The smallest absolute Gasteiger partial charge is 0.341 e. The zero-order valence-corrected chi connectivity index (χ0v) is 18.3. The molecule has 3 aromatic heterocycles. The maximum absolute atomic E-state index is 13.1. The van der Waals surface area contributed by atoms with Gasteiger partial charge in [-0.05, 0) is 56.7 Å². The summed E-state index contributed by atoms with van der Waals surface area (Å²) in [5.41, 5.74) is 10.1. The SMILES string of the molecule is COC(=O)c1c(NC(=O)c2sc3nc(C)cc(C)c3c2N)sc2c1CCCCC2. The Morgan fingerprint density at radius 3 is 2.69 bits per heavy atom. The number of aryl methyl sites for hydroxylation is 3. The maximum atomic E-state index is 13.1. The summed E-state index contributed by atoms with van der Waals surface area (Å²) in [6.45, 7) is 3.89. The number of methoxy groups -OCH3 is 1. The molecule has 1 aliphatic carbocycles. The van der Waals surface area contributed by atoms with Crippen LogP contribution >= 0.6 is 22.7 Å². The van der Waals surface area contributed by atoms with E-state index >= 15 is 0 Å². The van der Waals surface area contributed by atoms with Gasteiger partial charge in [-0.3, -0.25) is 4.79 Å². The van der Waals surface area contributed by atoms with Gasteiger partial charge in [0.25, 0.3) is 5.91 Å². The van der Waals surface area contributed by atoms with Crippen molar-refractivity contribution < 1.29 is 14.3 Å². The number of thiophene rings is 2. The minimum Gasteiger partial charge on any atom is -0.465 e. The van der Waals surface area contributed by atoms with Crippen LogP contribution in [-0.4, -0.2) is 24.0 Å². The Balaban J connectivity index is 1.74. The van der Waals surface area contributed by atoms with Crippen LogP contribution in [0.2, 0.25) is 0 Å². The maximum Gasteiger partial charge on any atom is 0.341 e. The zero-order valence-electron chi connectivity index (χ0n) is 16.7. The molecule has 0 saturated carbocycles. The number of nitrogens with two attached hydrogens (primary N) is 1. The second-order valence-corrected chi connectivity index (χ2v) is 9.42. The Morgan fingerprint density at radius 2 is 1.93 bits per heavy atom. The molecular weight excluding hydrogens is 406 g/mol. The summed E-state index contributed by atoms with van der Waals surface area (Å²) in [7, 11) is 1.37. The molecule has 3 N–H and O–H groups in total. The number of hydrogen-bond acceptors (Lipinski definition) is 7. The van der Waals surface area contributed by atoms with E-state index in [1.807, 2.05) is 19.9 Å². The number of ether oxygens (including phenoxy) is 1. The van der Waals surface area contributed by atoms with Crippen LogP contribution in [0.1, 0.15) is 61.0 Å². The fraction of sp³-hybridized carbons (Fsp3) is 0.381. The standard InChI is InChI=1S/C21H23N3O3S2/c1-10-9-11(2)23-19-14(10)16(22)17(29-19)18(25)24-20-15(21(26)27-3)12-7-5-4-6-8-13(12)28-20/h9H,4-8,22H2,1-3H3,(H,24,25). The first-order chi connectivity index (χ1) is 13.9. The Labute approximate surface area is 177 Å². The minimum atomic E-state index is -0.405. The first kappa shape index (κ1) is 19.8. The van der Waals surface area contributed by atoms with E-state index in [4.69, 9.17) is 10.5 Å². The van der Waals surface area contributed by atoms with Gasteiger partial charge in [0.05, 0.1) is 18.4 Å². The van der Waals surface area contributed by atoms with Gasteiger partial charge >= 0.3 is 5.97 Å². The predicted octanol–water partition coefficient (Wildman–Crippen LogP) is 4.86. The highest BCUT2D eigenvalue weighted by Gasteiger charge is 2.28. The molecule has 3 aromatic rings. The van der Waals surface area contributed by atoms with Crippen molar-refractivity contribution in [3.63, 3.8) is 0 Å². The van der Waals surface area contributed by atoms with E-state index in [-0.39, 0.29) is 5.91 Å². The Kier molecular flexibility index (Phi) is 5.31. The third-order valence-electron chi connectivity index (χ3n) is 5.27. The first-order valence-corrected chi connectivity index (χ1v) is 11.2. The number of anilines is 2. The van der Waals surface area contributed by atoms with Crippen LogP contribution < -0.4 is 11.1 Å². The minimum absolute atomic E-state index is 0.316. The van der Waals surface area contributed by atoms with E-state index in [2.05, 4.69) is 10.3 Å². The van der Waals surface area contributed by atoms with Gasteiger partial charge in [0, 0.05) is 16.0 Å². The first-order valence-electron chi connectivity index (χ1n) is 9.61. The molecule has 0 spiro atoms. The molecule has 3 heterocycles. The summed E-state index contributed by atoms with van der Waals surface area (Å²) in [5, 5.41) is 4.30. The number of carbonyl (C=O) groups excluding carboxylic acids is 2. The van der Waals surface area contributed by atoms with Gasteiger partial charge < -0.3 is 15.8 Å². The summed E-state index contributed by atoms with van der Waals surface area (Å²) >= 11 is 2.75.